The Balaban J connectivity index is 0.00000220. The largest absolute Gasteiger partial charge is 0.352 e. The summed E-state index contributed by atoms with van der Waals surface area (Å²) >= 11 is 1.62. The van der Waals surface area contributed by atoms with E-state index in [4.69, 9.17) is 5.73 Å². The highest BCUT2D eigenvalue weighted by molar-refractivity contribution is 8.00. The topological polar surface area (TPSA) is 55.1 Å². The van der Waals surface area contributed by atoms with E-state index in [1.165, 1.54) is 22.4 Å². The highest BCUT2D eigenvalue weighted by atomic mass is 35.5. The van der Waals surface area contributed by atoms with Crippen LogP contribution < -0.4 is 11.1 Å². The van der Waals surface area contributed by atoms with Gasteiger partial charge in [0.05, 0.1) is 5.75 Å². The lowest BCUT2D eigenvalue weighted by molar-refractivity contribution is -0.119. The zero-order valence-corrected chi connectivity index (χ0v) is 14.4. The second-order valence-electron chi connectivity index (χ2n) is 5.66. The summed E-state index contributed by atoms with van der Waals surface area (Å²) in [5, 5.41) is 3.14. The van der Waals surface area contributed by atoms with Crippen molar-refractivity contribution in [3.05, 3.63) is 29.3 Å². The third-order valence-corrected chi connectivity index (χ3v) is 5.17. The van der Waals surface area contributed by atoms with E-state index in [1.807, 2.05) is 0 Å². The van der Waals surface area contributed by atoms with Crippen molar-refractivity contribution >= 4 is 30.1 Å². The monoisotopic (exact) mass is 328 g/mol. The van der Waals surface area contributed by atoms with Crippen molar-refractivity contribution in [2.45, 2.75) is 44.0 Å². The lowest BCUT2D eigenvalue weighted by Crippen LogP contribution is -2.40. The molecule has 1 aromatic carbocycles. The molecule has 0 spiro atoms. The summed E-state index contributed by atoms with van der Waals surface area (Å²) in [7, 11) is 0. The Labute approximate surface area is 137 Å². The number of carbonyl (C=O) groups is 1. The lowest BCUT2D eigenvalue weighted by atomic mass is 10.0. The Bertz CT molecular complexity index is 481. The number of benzene rings is 1. The van der Waals surface area contributed by atoms with E-state index in [0.717, 1.165) is 12.8 Å². The number of hydrogen-bond acceptors (Lipinski definition) is 3. The van der Waals surface area contributed by atoms with Gasteiger partial charge in [0, 0.05) is 10.9 Å². The Hall–Kier alpha value is -0.710. The second-order valence-corrected chi connectivity index (χ2v) is 6.68. The molecule has 1 fully saturated rings. The van der Waals surface area contributed by atoms with E-state index in [-0.39, 0.29) is 24.4 Å². The summed E-state index contributed by atoms with van der Waals surface area (Å²) < 4.78 is 0. The molecule has 0 aromatic heterocycles. The van der Waals surface area contributed by atoms with Gasteiger partial charge in [-0.25, -0.2) is 0 Å². The molecule has 0 saturated heterocycles. The molecule has 0 aliphatic heterocycles. The van der Waals surface area contributed by atoms with Gasteiger partial charge in [-0.2, -0.15) is 0 Å². The van der Waals surface area contributed by atoms with Crippen LogP contribution >= 0.6 is 24.2 Å². The molecule has 21 heavy (non-hydrogen) atoms. The zero-order chi connectivity index (χ0) is 14.5. The van der Waals surface area contributed by atoms with E-state index in [0.29, 0.717) is 18.2 Å². The van der Waals surface area contributed by atoms with Crippen molar-refractivity contribution in [1.29, 1.82) is 0 Å². The number of nitrogens with two attached hydrogens (primary N) is 1. The first-order valence-electron chi connectivity index (χ1n) is 7.29. The van der Waals surface area contributed by atoms with Crippen LogP contribution in [0.15, 0.2) is 23.1 Å². The number of aryl methyl sites for hydroxylation is 2. The highest BCUT2D eigenvalue weighted by Crippen LogP contribution is 2.26. The molecule has 2 rings (SSSR count). The maximum atomic E-state index is 12.1. The molecule has 2 unspecified atom stereocenters. The van der Waals surface area contributed by atoms with Crippen LogP contribution in [0.5, 0.6) is 0 Å². The van der Waals surface area contributed by atoms with Crippen molar-refractivity contribution < 1.29 is 4.79 Å². The molecule has 3 nitrogen and oxygen atoms in total. The van der Waals surface area contributed by atoms with Crippen molar-refractivity contribution in [2.75, 3.05) is 12.3 Å². The predicted molar refractivity (Wildman–Crippen MR) is 92.2 cm³/mol. The number of halogens is 1. The predicted octanol–water partition coefficient (Wildman–Crippen LogP) is 3.06. The van der Waals surface area contributed by atoms with Gasteiger partial charge in [-0.05, 0) is 50.8 Å². The first-order valence-corrected chi connectivity index (χ1v) is 8.28. The third-order valence-electron chi connectivity index (χ3n) is 4.01. The van der Waals surface area contributed by atoms with Gasteiger partial charge in [0.1, 0.15) is 0 Å². The molecule has 5 heteroatoms. The van der Waals surface area contributed by atoms with Crippen molar-refractivity contribution in [1.82, 2.24) is 5.32 Å². The van der Waals surface area contributed by atoms with E-state index >= 15 is 0 Å². The summed E-state index contributed by atoms with van der Waals surface area (Å²) in [6.45, 7) is 4.84. The number of hydrogen-bond donors (Lipinski definition) is 2. The van der Waals surface area contributed by atoms with Gasteiger partial charge in [-0.1, -0.05) is 24.1 Å². The quantitative estimate of drug-likeness (QED) is 0.817. The van der Waals surface area contributed by atoms with Crippen LogP contribution in [-0.4, -0.2) is 24.2 Å². The molecule has 1 saturated carbocycles. The molecule has 2 atom stereocenters. The molecule has 1 aliphatic carbocycles. The molecule has 0 bridgehead atoms. The number of carbonyl (C=O) groups excluding carboxylic acids is 1. The fourth-order valence-electron chi connectivity index (χ4n) is 2.76. The first-order chi connectivity index (χ1) is 9.60. The maximum absolute atomic E-state index is 12.1. The minimum Gasteiger partial charge on any atom is -0.352 e. The Morgan fingerprint density at radius 3 is 2.86 bits per heavy atom. The van der Waals surface area contributed by atoms with E-state index < -0.39 is 0 Å². The third kappa shape index (κ3) is 5.20. The Morgan fingerprint density at radius 2 is 2.14 bits per heavy atom. The van der Waals surface area contributed by atoms with Gasteiger partial charge in [0.2, 0.25) is 5.91 Å². The summed E-state index contributed by atoms with van der Waals surface area (Å²) in [6.07, 6.45) is 3.39. The minimum absolute atomic E-state index is 0. The van der Waals surface area contributed by atoms with Crippen LogP contribution in [0, 0.1) is 19.8 Å². The van der Waals surface area contributed by atoms with Gasteiger partial charge >= 0.3 is 0 Å². The van der Waals surface area contributed by atoms with E-state index in [9.17, 15) is 4.79 Å². The van der Waals surface area contributed by atoms with Gasteiger partial charge in [0.15, 0.2) is 0 Å². The fraction of sp³-hybridized carbons (Fsp3) is 0.562. The van der Waals surface area contributed by atoms with Crippen molar-refractivity contribution in [3.63, 3.8) is 0 Å². The standard InChI is InChI=1S/C16H24N2OS.ClH/c1-11-6-7-12(2)15(8-11)20-10-16(19)18-14-5-3-4-13(14)9-17;/h6-8,13-14H,3-5,9-10,17H2,1-2H3,(H,18,19);1H. The summed E-state index contributed by atoms with van der Waals surface area (Å²) in [6, 6.07) is 6.64. The average molecular weight is 329 g/mol. The maximum Gasteiger partial charge on any atom is 0.230 e. The van der Waals surface area contributed by atoms with Crippen LogP contribution in [0.3, 0.4) is 0 Å². The number of nitrogens with one attached hydrogen (secondary N) is 1. The highest BCUT2D eigenvalue weighted by Gasteiger charge is 2.27. The Kier molecular flexibility index (Phi) is 7.57. The fourth-order valence-corrected chi connectivity index (χ4v) is 3.70. The normalized spacial score (nSPS) is 20.9. The smallest absolute Gasteiger partial charge is 0.230 e. The van der Waals surface area contributed by atoms with Crippen LogP contribution in [0.4, 0.5) is 0 Å². The van der Waals surface area contributed by atoms with E-state index in [2.05, 4.69) is 37.4 Å². The number of rotatable bonds is 5. The average Bonchev–Trinajstić information content (AvgIpc) is 2.87. The lowest BCUT2D eigenvalue weighted by Gasteiger charge is -2.19. The van der Waals surface area contributed by atoms with E-state index in [1.54, 1.807) is 11.8 Å². The summed E-state index contributed by atoms with van der Waals surface area (Å²) in [5.41, 5.74) is 8.21. The first kappa shape index (κ1) is 18.3. The molecular formula is C16H25ClN2OS. The second kappa shape index (κ2) is 8.66. The van der Waals surface area contributed by atoms with Crippen LogP contribution in [0.1, 0.15) is 30.4 Å². The molecule has 1 amide bonds. The van der Waals surface area contributed by atoms with Crippen LogP contribution in [0.25, 0.3) is 0 Å². The SMILES string of the molecule is Cc1ccc(C)c(SCC(=O)NC2CCCC2CN)c1.Cl. The molecule has 118 valence electrons. The van der Waals surface area contributed by atoms with Gasteiger partial charge in [0.25, 0.3) is 0 Å². The Morgan fingerprint density at radius 1 is 1.38 bits per heavy atom. The molecule has 1 aliphatic rings. The van der Waals surface area contributed by atoms with Gasteiger partial charge < -0.3 is 11.1 Å². The van der Waals surface area contributed by atoms with Crippen molar-refractivity contribution in [3.8, 4) is 0 Å². The van der Waals surface area contributed by atoms with Gasteiger partial charge in [-0.15, -0.1) is 24.2 Å². The van der Waals surface area contributed by atoms with Crippen LogP contribution in [-0.2, 0) is 4.79 Å². The molecular weight excluding hydrogens is 304 g/mol. The number of amides is 1. The zero-order valence-electron chi connectivity index (χ0n) is 12.7. The molecule has 3 N–H and O–H groups in total. The minimum atomic E-state index is 0. The summed E-state index contributed by atoms with van der Waals surface area (Å²) in [5.74, 6) is 1.07. The molecule has 0 heterocycles. The number of thioether (sulfide) groups is 1. The summed E-state index contributed by atoms with van der Waals surface area (Å²) in [4.78, 5) is 13.3. The molecule has 0 radical (unpaired) electrons. The van der Waals surface area contributed by atoms with Gasteiger partial charge in [-0.3, -0.25) is 4.79 Å². The van der Waals surface area contributed by atoms with Crippen LogP contribution in [0.2, 0.25) is 0 Å². The molecule has 1 aromatic rings. The van der Waals surface area contributed by atoms with Crippen molar-refractivity contribution in [2.24, 2.45) is 11.7 Å².